The van der Waals surface area contributed by atoms with Crippen LogP contribution in [0.25, 0.3) is 0 Å². The molecule has 1 rings (SSSR count). The van der Waals surface area contributed by atoms with Gasteiger partial charge in [-0.1, -0.05) is 18.5 Å². The molecule has 0 amide bonds. The third-order valence-electron chi connectivity index (χ3n) is 1.95. The average molecular weight is 198 g/mol. The highest BCUT2D eigenvalue weighted by Gasteiger charge is 2.10. The van der Waals surface area contributed by atoms with E-state index < -0.39 is 0 Å². The van der Waals surface area contributed by atoms with Crippen LogP contribution in [0.4, 0.5) is 5.69 Å². The van der Waals surface area contributed by atoms with Gasteiger partial charge in [0.1, 0.15) is 0 Å². The molecule has 1 aromatic carbocycles. The van der Waals surface area contributed by atoms with E-state index in [0.29, 0.717) is 16.3 Å². The molecule has 0 aliphatic rings. The van der Waals surface area contributed by atoms with Crippen molar-refractivity contribution in [2.75, 3.05) is 5.73 Å². The van der Waals surface area contributed by atoms with Crippen molar-refractivity contribution in [3.63, 3.8) is 0 Å². The molecule has 0 bridgehead atoms. The zero-order valence-corrected chi connectivity index (χ0v) is 8.48. The maximum absolute atomic E-state index is 11.2. The van der Waals surface area contributed by atoms with Crippen molar-refractivity contribution in [1.82, 2.24) is 0 Å². The molecule has 0 heterocycles. The minimum atomic E-state index is 0.00560. The quantitative estimate of drug-likeness (QED) is 0.585. The monoisotopic (exact) mass is 197 g/mol. The van der Waals surface area contributed by atoms with Crippen LogP contribution in [0.1, 0.15) is 29.8 Å². The number of carbonyl (C=O) groups is 1. The molecule has 0 fully saturated rings. The van der Waals surface area contributed by atoms with Crippen molar-refractivity contribution >= 4 is 23.1 Å². The molecule has 3 heteroatoms. The van der Waals surface area contributed by atoms with Gasteiger partial charge in [0, 0.05) is 16.3 Å². The summed E-state index contributed by atoms with van der Waals surface area (Å²) in [5.74, 6) is 0.00560. The highest BCUT2D eigenvalue weighted by Crippen LogP contribution is 2.24. The maximum atomic E-state index is 11.2. The van der Waals surface area contributed by atoms with Crippen molar-refractivity contribution in [2.24, 2.45) is 0 Å². The lowest BCUT2D eigenvalue weighted by Crippen LogP contribution is -2.01. The van der Waals surface area contributed by atoms with Crippen molar-refractivity contribution in [1.29, 1.82) is 0 Å². The van der Waals surface area contributed by atoms with Crippen LogP contribution < -0.4 is 5.73 Å². The molecule has 0 saturated carbocycles. The topological polar surface area (TPSA) is 43.1 Å². The molecule has 0 unspecified atom stereocenters. The van der Waals surface area contributed by atoms with Gasteiger partial charge in [-0.3, -0.25) is 4.79 Å². The van der Waals surface area contributed by atoms with E-state index in [1.54, 1.807) is 12.1 Å². The molecule has 2 nitrogen and oxygen atoms in total. The number of benzene rings is 1. The normalized spacial score (nSPS) is 10.1. The lowest BCUT2D eigenvalue weighted by atomic mass is 10.0. The number of anilines is 1. The largest absolute Gasteiger partial charge is 0.399 e. The fourth-order valence-corrected chi connectivity index (χ4v) is 1.69. The van der Waals surface area contributed by atoms with Gasteiger partial charge in [0.2, 0.25) is 0 Å². The maximum Gasteiger partial charge on any atom is 0.160 e. The summed E-state index contributed by atoms with van der Waals surface area (Å²) in [7, 11) is 0. The Labute approximate surface area is 82.7 Å². The average Bonchev–Trinajstić information content (AvgIpc) is 2.02. The lowest BCUT2D eigenvalue weighted by Gasteiger charge is -2.07. The van der Waals surface area contributed by atoms with E-state index in [-0.39, 0.29) is 5.78 Å². The van der Waals surface area contributed by atoms with Crippen LogP contribution >= 0.6 is 11.6 Å². The third-order valence-corrected chi connectivity index (χ3v) is 2.29. The summed E-state index contributed by atoms with van der Waals surface area (Å²) in [5.41, 5.74) is 7.63. The molecule has 2 N–H and O–H groups in total. The SMILES string of the molecule is CCc1c(Cl)cc(N)cc1C(C)=O. The first-order chi connectivity index (χ1) is 6.06. The molecule has 0 saturated heterocycles. The number of hydrogen-bond acceptors (Lipinski definition) is 2. The van der Waals surface area contributed by atoms with Gasteiger partial charge < -0.3 is 5.73 Å². The number of Topliss-reactive ketones (excluding diaryl/α,β-unsaturated/α-hetero) is 1. The predicted octanol–water partition coefficient (Wildman–Crippen LogP) is 2.69. The Balaban J connectivity index is 3.38. The Morgan fingerprint density at radius 1 is 1.54 bits per heavy atom. The van der Waals surface area contributed by atoms with Crippen LogP contribution in [0.5, 0.6) is 0 Å². The highest BCUT2D eigenvalue weighted by molar-refractivity contribution is 6.32. The van der Waals surface area contributed by atoms with E-state index in [4.69, 9.17) is 17.3 Å². The smallest absolute Gasteiger partial charge is 0.160 e. The molecule has 0 aliphatic carbocycles. The Morgan fingerprint density at radius 3 is 2.62 bits per heavy atom. The van der Waals surface area contributed by atoms with Crippen molar-refractivity contribution in [2.45, 2.75) is 20.3 Å². The third kappa shape index (κ3) is 2.01. The molecule has 0 spiro atoms. The molecule has 0 atom stereocenters. The van der Waals surface area contributed by atoms with Gasteiger partial charge in [0.05, 0.1) is 0 Å². The molecule has 0 aromatic heterocycles. The van der Waals surface area contributed by atoms with Crippen LogP contribution in [0.15, 0.2) is 12.1 Å². The second kappa shape index (κ2) is 3.79. The molecule has 0 radical (unpaired) electrons. The molecule has 0 aliphatic heterocycles. The van der Waals surface area contributed by atoms with Crippen LogP contribution in [0.3, 0.4) is 0 Å². The Bertz CT molecular complexity index is 347. The minimum Gasteiger partial charge on any atom is -0.399 e. The van der Waals surface area contributed by atoms with E-state index in [0.717, 1.165) is 12.0 Å². The van der Waals surface area contributed by atoms with Crippen molar-refractivity contribution < 1.29 is 4.79 Å². The summed E-state index contributed by atoms with van der Waals surface area (Å²) in [5, 5.41) is 0.577. The Kier molecular flexibility index (Phi) is 2.94. The van der Waals surface area contributed by atoms with E-state index >= 15 is 0 Å². The Morgan fingerprint density at radius 2 is 2.15 bits per heavy atom. The number of nitrogens with two attached hydrogens (primary N) is 1. The summed E-state index contributed by atoms with van der Waals surface area (Å²) < 4.78 is 0. The highest BCUT2D eigenvalue weighted by atomic mass is 35.5. The van der Waals surface area contributed by atoms with E-state index in [1.165, 1.54) is 6.92 Å². The van der Waals surface area contributed by atoms with E-state index in [1.807, 2.05) is 6.92 Å². The predicted molar refractivity (Wildman–Crippen MR) is 55.2 cm³/mol. The summed E-state index contributed by atoms with van der Waals surface area (Å²) in [6.45, 7) is 3.48. The van der Waals surface area contributed by atoms with Gasteiger partial charge in [-0.2, -0.15) is 0 Å². The van der Waals surface area contributed by atoms with Gasteiger partial charge in [-0.25, -0.2) is 0 Å². The van der Waals surface area contributed by atoms with Crippen LogP contribution in [0, 0.1) is 0 Å². The van der Waals surface area contributed by atoms with E-state index in [9.17, 15) is 4.79 Å². The number of carbonyl (C=O) groups excluding carboxylic acids is 1. The molecular formula is C10H12ClNO. The van der Waals surface area contributed by atoms with Gasteiger partial charge in [0.15, 0.2) is 5.78 Å². The minimum absolute atomic E-state index is 0.00560. The number of rotatable bonds is 2. The summed E-state index contributed by atoms with van der Waals surface area (Å²) in [4.78, 5) is 11.2. The van der Waals surface area contributed by atoms with Crippen molar-refractivity contribution in [3.8, 4) is 0 Å². The summed E-state index contributed by atoms with van der Waals surface area (Å²) in [6.07, 6.45) is 0.744. The number of hydrogen-bond donors (Lipinski definition) is 1. The van der Waals surface area contributed by atoms with E-state index in [2.05, 4.69) is 0 Å². The summed E-state index contributed by atoms with van der Waals surface area (Å²) in [6, 6.07) is 3.35. The number of nitrogen functional groups attached to an aromatic ring is 1. The second-order valence-corrected chi connectivity index (χ2v) is 3.35. The van der Waals surface area contributed by atoms with Crippen LogP contribution in [0.2, 0.25) is 5.02 Å². The fraction of sp³-hybridized carbons (Fsp3) is 0.300. The second-order valence-electron chi connectivity index (χ2n) is 2.94. The van der Waals surface area contributed by atoms with Crippen molar-refractivity contribution in [3.05, 3.63) is 28.3 Å². The van der Waals surface area contributed by atoms with Gasteiger partial charge in [-0.05, 0) is 31.0 Å². The first kappa shape index (κ1) is 10.1. The number of ketones is 1. The fourth-order valence-electron chi connectivity index (χ4n) is 1.33. The number of halogens is 1. The van der Waals surface area contributed by atoms with Gasteiger partial charge >= 0.3 is 0 Å². The molecule has 13 heavy (non-hydrogen) atoms. The van der Waals surface area contributed by atoms with Crippen LogP contribution in [-0.2, 0) is 6.42 Å². The summed E-state index contributed by atoms with van der Waals surface area (Å²) >= 11 is 5.95. The molecular weight excluding hydrogens is 186 g/mol. The first-order valence-corrected chi connectivity index (χ1v) is 4.53. The molecule has 70 valence electrons. The molecule has 1 aromatic rings. The Hall–Kier alpha value is -1.02. The lowest BCUT2D eigenvalue weighted by molar-refractivity contribution is 0.101. The first-order valence-electron chi connectivity index (χ1n) is 4.15. The zero-order chi connectivity index (χ0) is 10.0. The van der Waals surface area contributed by atoms with Gasteiger partial charge in [-0.15, -0.1) is 0 Å². The standard InChI is InChI=1S/C10H12ClNO/c1-3-8-9(6(2)13)4-7(12)5-10(8)11/h4-5H,3,12H2,1-2H3. The van der Waals surface area contributed by atoms with Gasteiger partial charge in [0.25, 0.3) is 0 Å². The zero-order valence-electron chi connectivity index (χ0n) is 7.73. The van der Waals surface area contributed by atoms with Crippen LogP contribution in [-0.4, -0.2) is 5.78 Å².